The number of aliphatic hydroxyl groups is 1. The molecule has 0 aliphatic heterocycles. The first-order valence-electron chi connectivity index (χ1n) is 7.67. The standard InChI is InChI=1S/C17H27NO2/c1-13(2)20-16-8-4-6-14(10-16)11-18(3)12-15-7-5-9-17(15)19/h4,6,8,10,13,15,17,19H,5,7,9,11-12H2,1-3H3. The van der Waals surface area contributed by atoms with Crippen molar-refractivity contribution in [1.82, 2.24) is 4.90 Å². The van der Waals surface area contributed by atoms with Crippen LogP contribution in [-0.4, -0.2) is 35.8 Å². The van der Waals surface area contributed by atoms with Crippen LogP contribution in [0.3, 0.4) is 0 Å². The fourth-order valence-electron chi connectivity index (χ4n) is 3.00. The summed E-state index contributed by atoms with van der Waals surface area (Å²) in [6, 6.07) is 8.30. The van der Waals surface area contributed by atoms with Crippen LogP contribution in [0.25, 0.3) is 0 Å². The molecule has 2 atom stereocenters. The molecule has 1 aromatic rings. The minimum atomic E-state index is -0.104. The van der Waals surface area contributed by atoms with E-state index in [1.54, 1.807) is 0 Å². The Balaban J connectivity index is 1.88. The normalized spacial score (nSPS) is 22.7. The third-order valence-corrected chi connectivity index (χ3v) is 3.89. The Morgan fingerprint density at radius 3 is 2.80 bits per heavy atom. The van der Waals surface area contributed by atoms with Gasteiger partial charge in [-0.1, -0.05) is 18.6 Å². The van der Waals surface area contributed by atoms with E-state index in [0.717, 1.165) is 38.1 Å². The molecule has 1 N–H and O–H groups in total. The Labute approximate surface area is 122 Å². The molecule has 0 saturated heterocycles. The number of ether oxygens (including phenoxy) is 1. The quantitative estimate of drug-likeness (QED) is 0.867. The first-order valence-corrected chi connectivity index (χ1v) is 7.67. The molecule has 0 heterocycles. The third kappa shape index (κ3) is 4.50. The predicted molar refractivity (Wildman–Crippen MR) is 81.9 cm³/mol. The Bertz CT molecular complexity index is 419. The third-order valence-electron chi connectivity index (χ3n) is 3.89. The summed E-state index contributed by atoms with van der Waals surface area (Å²) in [7, 11) is 2.13. The second-order valence-corrected chi connectivity index (χ2v) is 6.27. The van der Waals surface area contributed by atoms with Crippen molar-refractivity contribution in [2.24, 2.45) is 5.92 Å². The van der Waals surface area contributed by atoms with E-state index in [1.807, 2.05) is 26.0 Å². The van der Waals surface area contributed by atoms with Gasteiger partial charge in [0.2, 0.25) is 0 Å². The Morgan fingerprint density at radius 1 is 1.35 bits per heavy atom. The van der Waals surface area contributed by atoms with E-state index in [4.69, 9.17) is 4.74 Å². The van der Waals surface area contributed by atoms with E-state index >= 15 is 0 Å². The molecule has 2 unspecified atom stereocenters. The molecule has 2 rings (SSSR count). The van der Waals surface area contributed by atoms with E-state index in [9.17, 15) is 5.11 Å². The lowest BCUT2D eigenvalue weighted by atomic mass is 10.1. The van der Waals surface area contributed by atoms with Crippen molar-refractivity contribution in [3.8, 4) is 5.75 Å². The zero-order valence-electron chi connectivity index (χ0n) is 12.9. The molecule has 1 aliphatic rings. The van der Waals surface area contributed by atoms with Crippen LogP contribution in [0.5, 0.6) is 5.75 Å². The topological polar surface area (TPSA) is 32.7 Å². The van der Waals surface area contributed by atoms with Crippen LogP contribution in [0.2, 0.25) is 0 Å². The molecule has 112 valence electrons. The summed E-state index contributed by atoms with van der Waals surface area (Å²) in [5, 5.41) is 9.90. The first kappa shape index (κ1) is 15.3. The number of hydrogen-bond acceptors (Lipinski definition) is 3. The maximum absolute atomic E-state index is 9.90. The molecule has 1 aliphatic carbocycles. The molecule has 3 nitrogen and oxygen atoms in total. The summed E-state index contributed by atoms with van der Waals surface area (Å²) in [6.07, 6.45) is 3.39. The van der Waals surface area contributed by atoms with Gasteiger partial charge in [0.15, 0.2) is 0 Å². The number of rotatable bonds is 6. The van der Waals surface area contributed by atoms with Crippen molar-refractivity contribution in [2.45, 2.75) is 51.9 Å². The highest BCUT2D eigenvalue weighted by molar-refractivity contribution is 5.28. The van der Waals surface area contributed by atoms with Crippen molar-refractivity contribution in [2.75, 3.05) is 13.6 Å². The SMILES string of the molecule is CC(C)Oc1cccc(CN(C)CC2CCCC2O)c1. The van der Waals surface area contributed by atoms with Crippen molar-refractivity contribution in [1.29, 1.82) is 0 Å². The van der Waals surface area contributed by atoms with Gasteiger partial charge in [0.05, 0.1) is 12.2 Å². The summed E-state index contributed by atoms with van der Waals surface area (Å²) < 4.78 is 5.73. The Hall–Kier alpha value is -1.06. The van der Waals surface area contributed by atoms with Crippen LogP contribution in [0.15, 0.2) is 24.3 Å². The van der Waals surface area contributed by atoms with Crippen LogP contribution in [0, 0.1) is 5.92 Å². The fourth-order valence-corrected chi connectivity index (χ4v) is 3.00. The van der Waals surface area contributed by atoms with Gasteiger partial charge in [0.25, 0.3) is 0 Å². The van der Waals surface area contributed by atoms with Crippen LogP contribution in [0.1, 0.15) is 38.7 Å². The Morgan fingerprint density at radius 2 is 2.15 bits per heavy atom. The number of nitrogens with zero attached hydrogens (tertiary/aromatic N) is 1. The van der Waals surface area contributed by atoms with E-state index in [1.165, 1.54) is 5.56 Å². The smallest absolute Gasteiger partial charge is 0.120 e. The lowest BCUT2D eigenvalue weighted by molar-refractivity contribution is 0.108. The highest BCUT2D eigenvalue weighted by atomic mass is 16.5. The maximum atomic E-state index is 9.90. The van der Waals surface area contributed by atoms with Gasteiger partial charge < -0.3 is 14.7 Å². The van der Waals surface area contributed by atoms with E-state index in [2.05, 4.69) is 24.1 Å². The van der Waals surface area contributed by atoms with Crippen molar-refractivity contribution >= 4 is 0 Å². The minimum Gasteiger partial charge on any atom is -0.491 e. The van der Waals surface area contributed by atoms with E-state index in [-0.39, 0.29) is 12.2 Å². The largest absolute Gasteiger partial charge is 0.491 e. The van der Waals surface area contributed by atoms with Gasteiger partial charge >= 0.3 is 0 Å². The highest BCUT2D eigenvalue weighted by Gasteiger charge is 2.25. The molecule has 3 heteroatoms. The molecule has 1 saturated carbocycles. The molecule has 0 bridgehead atoms. The van der Waals surface area contributed by atoms with Crippen LogP contribution in [0.4, 0.5) is 0 Å². The molecule has 0 radical (unpaired) electrons. The molecular weight excluding hydrogens is 250 g/mol. The van der Waals surface area contributed by atoms with E-state index < -0.39 is 0 Å². The van der Waals surface area contributed by atoms with Gasteiger partial charge in [-0.25, -0.2) is 0 Å². The summed E-state index contributed by atoms with van der Waals surface area (Å²) in [6.45, 7) is 5.95. The molecule has 20 heavy (non-hydrogen) atoms. The molecule has 0 spiro atoms. The number of hydrogen-bond donors (Lipinski definition) is 1. The van der Waals surface area contributed by atoms with Crippen LogP contribution < -0.4 is 4.74 Å². The molecule has 1 fully saturated rings. The predicted octanol–water partition coefficient (Wildman–Crippen LogP) is 3.07. The number of aliphatic hydroxyl groups excluding tert-OH is 1. The first-order chi connectivity index (χ1) is 9.54. The number of benzene rings is 1. The van der Waals surface area contributed by atoms with Crippen molar-refractivity contribution in [3.63, 3.8) is 0 Å². The molecular formula is C17H27NO2. The van der Waals surface area contributed by atoms with Crippen molar-refractivity contribution < 1.29 is 9.84 Å². The van der Waals surface area contributed by atoms with Gasteiger partial charge in [-0.2, -0.15) is 0 Å². The second kappa shape index (κ2) is 7.09. The zero-order valence-corrected chi connectivity index (χ0v) is 12.9. The molecule has 1 aromatic carbocycles. The lowest BCUT2D eigenvalue weighted by Crippen LogP contribution is -2.29. The highest BCUT2D eigenvalue weighted by Crippen LogP contribution is 2.26. The lowest BCUT2D eigenvalue weighted by Gasteiger charge is -2.23. The van der Waals surface area contributed by atoms with Gasteiger partial charge in [0, 0.05) is 13.1 Å². The average molecular weight is 277 g/mol. The fraction of sp³-hybridized carbons (Fsp3) is 0.647. The van der Waals surface area contributed by atoms with Gasteiger partial charge in [-0.05, 0) is 57.4 Å². The van der Waals surface area contributed by atoms with Gasteiger partial charge in [-0.15, -0.1) is 0 Å². The van der Waals surface area contributed by atoms with Crippen LogP contribution >= 0.6 is 0 Å². The summed E-state index contributed by atoms with van der Waals surface area (Å²) >= 11 is 0. The summed E-state index contributed by atoms with van der Waals surface area (Å²) in [4.78, 5) is 2.30. The van der Waals surface area contributed by atoms with Gasteiger partial charge in [-0.3, -0.25) is 0 Å². The van der Waals surface area contributed by atoms with E-state index in [0.29, 0.717) is 5.92 Å². The second-order valence-electron chi connectivity index (χ2n) is 6.27. The summed E-state index contributed by atoms with van der Waals surface area (Å²) in [5.41, 5.74) is 1.26. The minimum absolute atomic E-state index is 0.104. The van der Waals surface area contributed by atoms with Crippen molar-refractivity contribution in [3.05, 3.63) is 29.8 Å². The monoisotopic (exact) mass is 277 g/mol. The molecule has 0 aromatic heterocycles. The summed E-state index contributed by atoms with van der Waals surface area (Å²) in [5.74, 6) is 1.38. The Kier molecular flexibility index (Phi) is 5.44. The maximum Gasteiger partial charge on any atom is 0.120 e. The van der Waals surface area contributed by atoms with Crippen LogP contribution in [-0.2, 0) is 6.54 Å². The van der Waals surface area contributed by atoms with Gasteiger partial charge in [0.1, 0.15) is 5.75 Å². The molecule has 0 amide bonds. The average Bonchev–Trinajstić information content (AvgIpc) is 2.74. The zero-order chi connectivity index (χ0) is 14.5.